The molecule has 0 saturated carbocycles. The Labute approximate surface area is 105 Å². The number of nitrogens with one attached hydrogen (secondary N) is 1. The van der Waals surface area contributed by atoms with Gasteiger partial charge in [0.05, 0.1) is 6.04 Å². The normalized spacial score (nSPS) is 18.1. The second-order valence-electron chi connectivity index (χ2n) is 4.25. The van der Waals surface area contributed by atoms with Crippen LogP contribution in [0.4, 0.5) is 0 Å². The molecule has 1 unspecified atom stereocenters. The zero-order valence-corrected chi connectivity index (χ0v) is 9.91. The molecule has 1 atom stereocenters. The van der Waals surface area contributed by atoms with E-state index in [-0.39, 0.29) is 11.8 Å². The molecule has 0 aromatic heterocycles. The Morgan fingerprint density at radius 1 is 1.12 bits per heavy atom. The quantitative estimate of drug-likeness (QED) is 0.809. The number of hydrogen-bond acceptors (Lipinski definition) is 2. The molecule has 2 N–H and O–H groups in total. The molecule has 17 heavy (non-hydrogen) atoms. The van der Waals surface area contributed by atoms with Gasteiger partial charge in [-0.3, -0.25) is 0 Å². The minimum Gasteiger partial charge on any atom is -0.508 e. The molecule has 0 aliphatic carbocycles. The highest BCUT2D eigenvalue weighted by atomic mass is 35.5. The molecule has 0 amide bonds. The first-order chi connectivity index (χ1) is 8.24. The predicted molar refractivity (Wildman–Crippen MR) is 68.2 cm³/mol. The SMILES string of the molecule is Oc1ccc(C2NCc3ccc(Cl)cc32)cc1. The van der Waals surface area contributed by atoms with E-state index in [1.54, 1.807) is 12.1 Å². The molecular formula is C14H12ClNO. The summed E-state index contributed by atoms with van der Waals surface area (Å²) in [7, 11) is 0. The van der Waals surface area contributed by atoms with E-state index in [1.807, 2.05) is 24.3 Å². The first-order valence-corrected chi connectivity index (χ1v) is 5.92. The number of halogens is 1. The van der Waals surface area contributed by atoms with Crippen molar-refractivity contribution in [1.29, 1.82) is 0 Å². The third-order valence-corrected chi connectivity index (χ3v) is 3.38. The molecule has 2 aromatic rings. The average Bonchev–Trinajstić information content (AvgIpc) is 2.73. The van der Waals surface area contributed by atoms with E-state index in [4.69, 9.17) is 11.6 Å². The number of fused-ring (bicyclic) bond motifs is 1. The summed E-state index contributed by atoms with van der Waals surface area (Å²) in [5, 5.41) is 13.5. The van der Waals surface area contributed by atoms with Gasteiger partial charge in [-0.2, -0.15) is 0 Å². The van der Waals surface area contributed by atoms with Gasteiger partial charge in [0, 0.05) is 11.6 Å². The molecule has 0 spiro atoms. The van der Waals surface area contributed by atoms with Crippen LogP contribution in [-0.4, -0.2) is 5.11 Å². The molecule has 3 rings (SSSR count). The Morgan fingerprint density at radius 3 is 2.65 bits per heavy atom. The third-order valence-electron chi connectivity index (χ3n) is 3.14. The maximum Gasteiger partial charge on any atom is 0.115 e. The zero-order valence-electron chi connectivity index (χ0n) is 9.15. The van der Waals surface area contributed by atoms with Crippen LogP contribution >= 0.6 is 11.6 Å². The van der Waals surface area contributed by atoms with Crippen molar-refractivity contribution in [3.8, 4) is 5.75 Å². The lowest BCUT2D eigenvalue weighted by Crippen LogP contribution is -2.12. The molecule has 0 fully saturated rings. The van der Waals surface area contributed by atoms with Crippen molar-refractivity contribution in [2.75, 3.05) is 0 Å². The van der Waals surface area contributed by atoms with Gasteiger partial charge < -0.3 is 10.4 Å². The first kappa shape index (κ1) is 10.6. The number of phenols is 1. The van der Waals surface area contributed by atoms with Gasteiger partial charge in [-0.1, -0.05) is 29.8 Å². The third kappa shape index (κ3) is 1.90. The minimum absolute atomic E-state index is 0.171. The summed E-state index contributed by atoms with van der Waals surface area (Å²) in [4.78, 5) is 0. The Balaban J connectivity index is 2.03. The maximum absolute atomic E-state index is 9.30. The van der Waals surface area contributed by atoms with Crippen LogP contribution in [0, 0.1) is 0 Å². The second-order valence-corrected chi connectivity index (χ2v) is 4.69. The summed E-state index contributed by atoms with van der Waals surface area (Å²) in [6.45, 7) is 0.859. The number of hydrogen-bond donors (Lipinski definition) is 2. The van der Waals surface area contributed by atoms with Crippen molar-refractivity contribution in [1.82, 2.24) is 5.32 Å². The van der Waals surface area contributed by atoms with E-state index in [2.05, 4.69) is 11.4 Å². The van der Waals surface area contributed by atoms with Crippen LogP contribution in [0.2, 0.25) is 5.02 Å². The van der Waals surface area contributed by atoms with E-state index < -0.39 is 0 Å². The summed E-state index contributed by atoms with van der Waals surface area (Å²) >= 11 is 6.03. The molecule has 0 saturated heterocycles. The van der Waals surface area contributed by atoms with Gasteiger partial charge >= 0.3 is 0 Å². The summed E-state index contributed by atoms with van der Waals surface area (Å²) < 4.78 is 0. The molecule has 0 radical (unpaired) electrons. The van der Waals surface area contributed by atoms with Gasteiger partial charge in [0.2, 0.25) is 0 Å². The van der Waals surface area contributed by atoms with E-state index >= 15 is 0 Å². The molecule has 1 aliphatic heterocycles. The number of rotatable bonds is 1. The summed E-state index contributed by atoms with van der Waals surface area (Å²) in [5.74, 6) is 0.290. The lowest BCUT2D eigenvalue weighted by atomic mass is 9.98. The van der Waals surface area contributed by atoms with Crippen molar-refractivity contribution in [2.24, 2.45) is 0 Å². The number of benzene rings is 2. The van der Waals surface area contributed by atoms with Gasteiger partial charge in [0.15, 0.2) is 0 Å². The summed E-state index contributed by atoms with van der Waals surface area (Å²) in [6.07, 6.45) is 0. The fraction of sp³-hybridized carbons (Fsp3) is 0.143. The zero-order chi connectivity index (χ0) is 11.8. The van der Waals surface area contributed by atoms with Crippen molar-refractivity contribution >= 4 is 11.6 Å². The Hall–Kier alpha value is -1.51. The van der Waals surface area contributed by atoms with Crippen LogP contribution in [0.15, 0.2) is 42.5 Å². The van der Waals surface area contributed by atoms with E-state index in [1.165, 1.54) is 11.1 Å². The molecule has 0 bridgehead atoms. The Bertz CT molecular complexity index is 551. The van der Waals surface area contributed by atoms with Crippen LogP contribution < -0.4 is 5.32 Å². The highest BCUT2D eigenvalue weighted by Gasteiger charge is 2.23. The van der Waals surface area contributed by atoms with Crippen molar-refractivity contribution < 1.29 is 5.11 Å². The monoisotopic (exact) mass is 245 g/mol. The maximum atomic E-state index is 9.30. The fourth-order valence-corrected chi connectivity index (χ4v) is 2.46. The Kier molecular flexibility index (Phi) is 2.54. The molecule has 2 nitrogen and oxygen atoms in total. The standard InChI is InChI=1S/C14H12ClNO/c15-11-4-1-10-8-16-14(13(10)7-11)9-2-5-12(17)6-3-9/h1-7,14,16-17H,8H2. The Morgan fingerprint density at radius 2 is 1.88 bits per heavy atom. The lowest BCUT2D eigenvalue weighted by molar-refractivity contribution is 0.475. The molecule has 86 valence electrons. The topological polar surface area (TPSA) is 32.3 Å². The summed E-state index contributed by atoms with van der Waals surface area (Å²) in [6, 6.07) is 13.4. The lowest BCUT2D eigenvalue weighted by Gasteiger charge is -2.12. The van der Waals surface area contributed by atoms with E-state index in [0.717, 1.165) is 17.1 Å². The highest BCUT2D eigenvalue weighted by molar-refractivity contribution is 6.30. The largest absolute Gasteiger partial charge is 0.508 e. The molecule has 1 aliphatic rings. The van der Waals surface area contributed by atoms with Crippen LogP contribution in [0.5, 0.6) is 5.75 Å². The van der Waals surface area contributed by atoms with Gasteiger partial charge in [0.1, 0.15) is 5.75 Å². The van der Waals surface area contributed by atoms with Crippen LogP contribution in [0.1, 0.15) is 22.7 Å². The van der Waals surface area contributed by atoms with Crippen molar-refractivity contribution in [3.63, 3.8) is 0 Å². The van der Waals surface area contributed by atoms with Crippen LogP contribution in [0.25, 0.3) is 0 Å². The molecule has 3 heteroatoms. The predicted octanol–water partition coefficient (Wildman–Crippen LogP) is 3.24. The molecular weight excluding hydrogens is 234 g/mol. The van der Waals surface area contributed by atoms with Gasteiger partial charge in [-0.25, -0.2) is 0 Å². The van der Waals surface area contributed by atoms with Gasteiger partial charge in [-0.05, 0) is 41.0 Å². The smallest absolute Gasteiger partial charge is 0.115 e. The minimum atomic E-state index is 0.171. The first-order valence-electron chi connectivity index (χ1n) is 5.55. The van der Waals surface area contributed by atoms with Crippen LogP contribution in [0.3, 0.4) is 0 Å². The number of phenolic OH excluding ortho intramolecular Hbond substituents is 1. The molecule has 1 heterocycles. The van der Waals surface area contributed by atoms with E-state index in [0.29, 0.717) is 0 Å². The van der Waals surface area contributed by atoms with Gasteiger partial charge in [0.25, 0.3) is 0 Å². The van der Waals surface area contributed by atoms with Crippen molar-refractivity contribution in [2.45, 2.75) is 12.6 Å². The van der Waals surface area contributed by atoms with Crippen molar-refractivity contribution in [3.05, 3.63) is 64.2 Å². The van der Waals surface area contributed by atoms with Crippen LogP contribution in [-0.2, 0) is 6.54 Å². The van der Waals surface area contributed by atoms with E-state index in [9.17, 15) is 5.11 Å². The van der Waals surface area contributed by atoms with Gasteiger partial charge in [-0.15, -0.1) is 0 Å². The second kappa shape index (κ2) is 4.06. The fourth-order valence-electron chi connectivity index (χ4n) is 2.28. The summed E-state index contributed by atoms with van der Waals surface area (Å²) in [5.41, 5.74) is 3.65. The number of aromatic hydroxyl groups is 1. The molecule has 2 aromatic carbocycles. The highest BCUT2D eigenvalue weighted by Crippen LogP contribution is 2.33. The average molecular weight is 246 g/mol.